The summed E-state index contributed by atoms with van der Waals surface area (Å²) >= 11 is 0. The molecule has 0 aliphatic heterocycles. The number of hydrogen-bond acceptors (Lipinski definition) is 2. The second-order valence-corrected chi connectivity index (χ2v) is 3.06. The van der Waals surface area contributed by atoms with E-state index in [1.807, 2.05) is 13.0 Å². The van der Waals surface area contributed by atoms with Crippen LogP contribution in [-0.4, -0.2) is 4.98 Å². The lowest BCUT2D eigenvalue weighted by Crippen LogP contribution is -1.90. The first kappa shape index (κ1) is 8.64. The van der Waals surface area contributed by atoms with Crippen LogP contribution in [-0.2, 0) is 0 Å². The highest BCUT2D eigenvalue weighted by Crippen LogP contribution is 2.22. The molecule has 0 saturated heterocycles. The van der Waals surface area contributed by atoms with Gasteiger partial charge < -0.3 is 0 Å². The zero-order chi connectivity index (χ0) is 10.1. The summed E-state index contributed by atoms with van der Waals surface area (Å²) in [6.45, 7) is 1.84. The summed E-state index contributed by atoms with van der Waals surface area (Å²) in [4.78, 5) is 3.90. The van der Waals surface area contributed by atoms with E-state index < -0.39 is 0 Å². The highest BCUT2D eigenvalue weighted by atomic mass is 19.1. The van der Waals surface area contributed by atoms with E-state index in [4.69, 9.17) is 5.26 Å². The second kappa shape index (κ2) is 3.08. The Morgan fingerprint density at radius 2 is 2.14 bits per heavy atom. The van der Waals surface area contributed by atoms with E-state index >= 15 is 0 Å². The molecule has 0 unspecified atom stereocenters. The van der Waals surface area contributed by atoms with Gasteiger partial charge in [-0.2, -0.15) is 5.26 Å². The summed E-state index contributed by atoms with van der Waals surface area (Å²) in [7, 11) is 0. The van der Waals surface area contributed by atoms with Crippen molar-refractivity contribution in [1.29, 1.82) is 5.26 Å². The van der Waals surface area contributed by atoms with Gasteiger partial charge in [0.2, 0.25) is 0 Å². The molecule has 0 spiro atoms. The Labute approximate surface area is 80.6 Å². The molecule has 2 rings (SSSR count). The molecule has 0 radical (unpaired) electrons. The van der Waals surface area contributed by atoms with Crippen LogP contribution in [0.5, 0.6) is 0 Å². The van der Waals surface area contributed by atoms with Gasteiger partial charge in [-0.05, 0) is 24.6 Å². The predicted octanol–water partition coefficient (Wildman–Crippen LogP) is 2.55. The third-order valence-corrected chi connectivity index (χ3v) is 2.19. The summed E-state index contributed by atoms with van der Waals surface area (Å²) in [5.74, 6) is -0.315. The Morgan fingerprint density at radius 3 is 2.86 bits per heavy atom. The molecule has 2 aromatic rings. The normalized spacial score (nSPS) is 10.1. The SMILES string of the molecule is Cc1ccc(F)c2ccnc(C#N)c12. The van der Waals surface area contributed by atoms with Gasteiger partial charge in [0, 0.05) is 17.0 Å². The number of hydrogen-bond donors (Lipinski definition) is 0. The molecule has 3 heteroatoms. The van der Waals surface area contributed by atoms with Crippen molar-refractivity contribution < 1.29 is 4.39 Å². The standard InChI is InChI=1S/C11H7FN2/c1-7-2-3-9(12)8-4-5-14-10(6-13)11(7)8/h2-5H,1H3. The summed E-state index contributed by atoms with van der Waals surface area (Å²) in [6.07, 6.45) is 1.45. The van der Waals surface area contributed by atoms with Crippen LogP contribution in [0, 0.1) is 24.1 Å². The average molecular weight is 186 g/mol. The Morgan fingerprint density at radius 1 is 1.36 bits per heavy atom. The maximum absolute atomic E-state index is 13.3. The molecule has 1 aromatic carbocycles. The lowest BCUT2D eigenvalue weighted by atomic mass is 10.0. The fourth-order valence-electron chi connectivity index (χ4n) is 1.52. The van der Waals surface area contributed by atoms with Crippen LogP contribution < -0.4 is 0 Å². The Balaban J connectivity index is 3.01. The minimum atomic E-state index is -0.315. The molecule has 2 nitrogen and oxygen atoms in total. The minimum absolute atomic E-state index is 0.277. The van der Waals surface area contributed by atoms with Gasteiger partial charge in [0.25, 0.3) is 0 Å². The Kier molecular flexibility index (Phi) is 1.90. The zero-order valence-electron chi connectivity index (χ0n) is 7.58. The molecule has 0 saturated carbocycles. The van der Waals surface area contributed by atoms with Crippen molar-refractivity contribution in [2.75, 3.05) is 0 Å². The van der Waals surface area contributed by atoms with Gasteiger partial charge >= 0.3 is 0 Å². The molecule has 14 heavy (non-hydrogen) atoms. The van der Waals surface area contributed by atoms with Crippen molar-refractivity contribution in [3.05, 3.63) is 41.5 Å². The average Bonchev–Trinajstić information content (AvgIpc) is 2.23. The third kappa shape index (κ3) is 1.12. The Hall–Kier alpha value is -1.95. The fraction of sp³-hybridized carbons (Fsp3) is 0.0909. The molecule has 1 aromatic heterocycles. The lowest BCUT2D eigenvalue weighted by molar-refractivity contribution is 0.639. The van der Waals surface area contributed by atoms with E-state index in [2.05, 4.69) is 4.98 Å². The van der Waals surface area contributed by atoms with Crippen molar-refractivity contribution in [2.24, 2.45) is 0 Å². The molecule has 0 bridgehead atoms. The molecule has 0 atom stereocenters. The van der Waals surface area contributed by atoms with Crippen LogP contribution in [0.15, 0.2) is 24.4 Å². The number of benzene rings is 1. The topological polar surface area (TPSA) is 36.7 Å². The van der Waals surface area contributed by atoms with E-state index in [0.717, 1.165) is 5.56 Å². The first-order valence-corrected chi connectivity index (χ1v) is 4.18. The molecule has 0 N–H and O–H groups in total. The lowest BCUT2D eigenvalue weighted by Gasteiger charge is -2.03. The zero-order valence-corrected chi connectivity index (χ0v) is 7.58. The number of rotatable bonds is 0. The van der Waals surface area contributed by atoms with Gasteiger partial charge in [-0.3, -0.25) is 0 Å². The molecule has 0 aliphatic carbocycles. The number of pyridine rings is 1. The Bertz CT molecular complexity index is 541. The number of aromatic nitrogens is 1. The van der Waals surface area contributed by atoms with E-state index in [0.29, 0.717) is 10.8 Å². The first-order chi connectivity index (χ1) is 6.74. The van der Waals surface area contributed by atoms with Crippen molar-refractivity contribution >= 4 is 10.8 Å². The maximum Gasteiger partial charge on any atom is 0.148 e. The summed E-state index contributed by atoms with van der Waals surface area (Å²) in [5, 5.41) is 9.88. The van der Waals surface area contributed by atoms with E-state index in [1.54, 1.807) is 12.1 Å². The van der Waals surface area contributed by atoms with Crippen LogP contribution >= 0.6 is 0 Å². The van der Waals surface area contributed by atoms with Gasteiger partial charge in [-0.15, -0.1) is 0 Å². The van der Waals surface area contributed by atoms with Gasteiger partial charge in [0.1, 0.15) is 17.6 Å². The largest absolute Gasteiger partial charge is 0.245 e. The van der Waals surface area contributed by atoms with Crippen molar-refractivity contribution in [2.45, 2.75) is 6.92 Å². The molecule has 0 amide bonds. The van der Waals surface area contributed by atoms with Gasteiger partial charge in [0.15, 0.2) is 0 Å². The van der Waals surface area contributed by atoms with Crippen LogP contribution in [0.2, 0.25) is 0 Å². The van der Waals surface area contributed by atoms with Gasteiger partial charge in [-0.25, -0.2) is 9.37 Å². The number of nitriles is 1. The van der Waals surface area contributed by atoms with E-state index in [1.165, 1.54) is 12.3 Å². The van der Waals surface area contributed by atoms with Crippen LogP contribution in [0.4, 0.5) is 4.39 Å². The number of nitrogens with zero attached hydrogens (tertiary/aromatic N) is 2. The van der Waals surface area contributed by atoms with Crippen molar-refractivity contribution in [1.82, 2.24) is 4.98 Å². The second-order valence-electron chi connectivity index (χ2n) is 3.06. The monoisotopic (exact) mass is 186 g/mol. The highest BCUT2D eigenvalue weighted by molar-refractivity contribution is 5.89. The van der Waals surface area contributed by atoms with E-state index in [9.17, 15) is 4.39 Å². The van der Waals surface area contributed by atoms with Crippen LogP contribution in [0.1, 0.15) is 11.3 Å². The third-order valence-electron chi connectivity index (χ3n) is 2.19. The quantitative estimate of drug-likeness (QED) is 0.634. The van der Waals surface area contributed by atoms with Crippen molar-refractivity contribution in [3.8, 4) is 6.07 Å². The molecule has 0 fully saturated rings. The van der Waals surface area contributed by atoms with E-state index in [-0.39, 0.29) is 11.5 Å². The predicted molar refractivity (Wildman–Crippen MR) is 51.2 cm³/mol. The molecule has 68 valence electrons. The van der Waals surface area contributed by atoms with Gasteiger partial charge in [-0.1, -0.05) is 6.07 Å². The molecule has 0 aliphatic rings. The number of fused-ring (bicyclic) bond motifs is 1. The number of aryl methyl sites for hydroxylation is 1. The minimum Gasteiger partial charge on any atom is -0.245 e. The molecule has 1 heterocycles. The van der Waals surface area contributed by atoms with Crippen LogP contribution in [0.25, 0.3) is 10.8 Å². The maximum atomic E-state index is 13.3. The van der Waals surface area contributed by atoms with Gasteiger partial charge in [0.05, 0.1) is 0 Å². The smallest absolute Gasteiger partial charge is 0.148 e. The molecular weight excluding hydrogens is 179 g/mol. The van der Waals surface area contributed by atoms with Crippen molar-refractivity contribution in [3.63, 3.8) is 0 Å². The summed E-state index contributed by atoms with van der Waals surface area (Å²) < 4.78 is 13.3. The fourth-order valence-corrected chi connectivity index (χ4v) is 1.52. The number of halogens is 1. The summed E-state index contributed by atoms with van der Waals surface area (Å²) in [5.41, 5.74) is 1.14. The highest BCUT2D eigenvalue weighted by Gasteiger charge is 2.07. The molecular formula is C11H7FN2. The van der Waals surface area contributed by atoms with Crippen LogP contribution in [0.3, 0.4) is 0 Å². The first-order valence-electron chi connectivity index (χ1n) is 4.18. The summed E-state index contributed by atoms with van der Waals surface area (Å²) in [6, 6.07) is 6.60.